The van der Waals surface area contributed by atoms with E-state index in [4.69, 9.17) is 0 Å². The Morgan fingerprint density at radius 1 is 1.36 bits per heavy atom. The first-order valence-electron chi connectivity index (χ1n) is 7.77. The monoisotopic (exact) mass is 370 g/mol. The Bertz CT molecular complexity index is 528. The van der Waals surface area contributed by atoms with Crippen LogP contribution < -0.4 is 4.90 Å². The van der Waals surface area contributed by atoms with Crippen LogP contribution in [0.2, 0.25) is 0 Å². The van der Waals surface area contributed by atoms with Crippen LogP contribution >= 0.6 is 15.9 Å². The van der Waals surface area contributed by atoms with E-state index in [9.17, 15) is 15.2 Å². The predicted molar refractivity (Wildman–Crippen MR) is 91.2 cm³/mol. The van der Waals surface area contributed by atoms with Gasteiger partial charge in [-0.25, -0.2) is 0 Å². The molecule has 0 heterocycles. The van der Waals surface area contributed by atoms with E-state index in [1.54, 1.807) is 6.07 Å². The molecule has 1 fully saturated rings. The summed E-state index contributed by atoms with van der Waals surface area (Å²) in [6.07, 6.45) is 3.06. The van der Waals surface area contributed by atoms with Gasteiger partial charge < -0.3 is 10.0 Å². The highest BCUT2D eigenvalue weighted by atomic mass is 79.9. The molecule has 0 bridgehead atoms. The van der Waals surface area contributed by atoms with Crippen molar-refractivity contribution in [2.75, 3.05) is 11.4 Å². The van der Waals surface area contributed by atoms with Crippen LogP contribution in [0.3, 0.4) is 0 Å². The molecule has 1 aliphatic carbocycles. The van der Waals surface area contributed by atoms with Gasteiger partial charge in [0.05, 0.1) is 11.0 Å². The second-order valence-corrected chi connectivity index (χ2v) is 7.31. The molecular formula is C16H23BrN2O3. The lowest BCUT2D eigenvalue weighted by molar-refractivity contribution is -0.384. The summed E-state index contributed by atoms with van der Waals surface area (Å²) in [5, 5.41) is 21.1. The first-order valence-corrected chi connectivity index (χ1v) is 8.56. The SMILES string of the molecule is CC(C)CN(c1ccc(Br)cc1[N+](=O)[O-])[C@H]1CC[C@H](O)CC1. The minimum Gasteiger partial charge on any atom is -0.393 e. The van der Waals surface area contributed by atoms with Crippen molar-refractivity contribution >= 4 is 27.3 Å². The molecule has 0 saturated heterocycles. The summed E-state index contributed by atoms with van der Waals surface area (Å²) in [5.41, 5.74) is 0.824. The molecule has 1 saturated carbocycles. The Morgan fingerprint density at radius 3 is 2.55 bits per heavy atom. The summed E-state index contributed by atoms with van der Waals surface area (Å²) in [5.74, 6) is 0.412. The Balaban J connectivity index is 2.35. The summed E-state index contributed by atoms with van der Waals surface area (Å²) >= 11 is 3.31. The zero-order valence-corrected chi connectivity index (χ0v) is 14.6. The summed E-state index contributed by atoms with van der Waals surface area (Å²) in [7, 11) is 0. The maximum Gasteiger partial charge on any atom is 0.293 e. The molecule has 1 aromatic rings. The standard InChI is InChI=1S/C16H23BrN2O3/c1-11(2)10-18(13-4-6-14(20)7-5-13)15-8-3-12(17)9-16(15)19(21)22/h3,8-9,11,13-14,20H,4-7,10H2,1-2H3/t13-,14-. The van der Waals surface area contributed by atoms with E-state index >= 15 is 0 Å². The molecule has 0 atom stereocenters. The molecule has 0 amide bonds. The molecule has 0 aliphatic heterocycles. The second-order valence-electron chi connectivity index (χ2n) is 6.40. The van der Waals surface area contributed by atoms with E-state index in [-0.39, 0.29) is 22.8 Å². The fraction of sp³-hybridized carbons (Fsp3) is 0.625. The van der Waals surface area contributed by atoms with Crippen molar-refractivity contribution in [2.24, 2.45) is 5.92 Å². The highest BCUT2D eigenvalue weighted by Gasteiger charge is 2.29. The quantitative estimate of drug-likeness (QED) is 0.625. The van der Waals surface area contributed by atoms with Crippen LogP contribution in [0.5, 0.6) is 0 Å². The van der Waals surface area contributed by atoms with Crippen LogP contribution in [0.1, 0.15) is 39.5 Å². The molecule has 0 spiro atoms. The number of rotatable bonds is 5. The van der Waals surface area contributed by atoms with Gasteiger partial charge in [0.2, 0.25) is 0 Å². The molecule has 1 N–H and O–H groups in total. The number of benzene rings is 1. The van der Waals surface area contributed by atoms with Gasteiger partial charge in [0.25, 0.3) is 5.69 Å². The van der Waals surface area contributed by atoms with Gasteiger partial charge in [-0.1, -0.05) is 29.8 Å². The Hall–Kier alpha value is -1.14. The van der Waals surface area contributed by atoms with E-state index in [2.05, 4.69) is 34.7 Å². The topological polar surface area (TPSA) is 66.6 Å². The highest BCUT2D eigenvalue weighted by Crippen LogP contribution is 2.36. The zero-order chi connectivity index (χ0) is 16.3. The van der Waals surface area contributed by atoms with Gasteiger partial charge in [0.1, 0.15) is 5.69 Å². The van der Waals surface area contributed by atoms with Gasteiger partial charge in [0.15, 0.2) is 0 Å². The van der Waals surface area contributed by atoms with Crippen LogP contribution in [-0.4, -0.2) is 28.7 Å². The molecule has 0 aromatic heterocycles. The molecule has 5 nitrogen and oxygen atoms in total. The number of halogens is 1. The largest absolute Gasteiger partial charge is 0.393 e. The third kappa shape index (κ3) is 4.20. The van der Waals surface area contributed by atoms with E-state index in [1.807, 2.05) is 12.1 Å². The summed E-state index contributed by atoms with van der Waals surface area (Å²) in [6, 6.07) is 5.51. The summed E-state index contributed by atoms with van der Waals surface area (Å²) in [6.45, 7) is 5.02. The van der Waals surface area contributed by atoms with Gasteiger partial charge >= 0.3 is 0 Å². The van der Waals surface area contributed by atoms with Crippen molar-refractivity contribution in [2.45, 2.75) is 51.7 Å². The van der Waals surface area contributed by atoms with Crippen LogP contribution in [0.4, 0.5) is 11.4 Å². The average molecular weight is 371 g/mol. The normalized spacial score (nSPS) is 21.9. The molecular weight excluding hydrogens is 348 g/mol. The van der Waals surface area contributed by atoms with Crippen molar-refractivity contribution in [3.05, 3.63) is 32.8 Å². The lowest BCUT2D eigenvalue weighted by Crippen LogP contribution is -2.41. The average Bonchev–Trinajstić information content (AvgIpc) is 2.45. The fourth-order valence-corrected chi connectivity index (χ4v) is 3.44. The van der Waals surface area contributed by atoms with E-state index in [1.165, 1.54) is 0 Å². The first-order chi connectivity index (χ1) is 10.4. The number of hydrogen-bond donors (Lipinski definition) is 1. The van der Waals surface area contributed by atoms with Crippen LogP contribution in [-0.2, 0) is 0 Å². The number of anilines is 1. The fourth-order valence-electron chi connectivity index (χ4n) is 3.09. The predicted octanol–water partition coefficient (Wildman–Crippen LogP) is 4.12. The lowest BCUT2D eigenvalue weighted by Gasteiger charge is -2.38. The minimum absolute atomic E-state index is 0.140. The zero-order valence-electron chi connectivity index (χ0n) is 13.0. The Labute approximate surface area is 139 Å². The molecule has 122 valence electrons. The number of nitro benzene ring substituents is 1. The van der Waals surface area contributed by atoms with Gasteiger partial charge in [-0.2, -0.15) is 0 Å². The molecule has 0 unspecified atom stereocenters. The van der Waals surface area contributed by atoms with Gasteiger partial charge in [-0.3, -0.25) is 10.1 Å². The molecule has 6 heteroatoms. The van der Waals surface area contributed by atoms with E-state index < -0.39 is 0 Å². The second kappa shape index (κ2) is 7.42. The first kappa shape index (κ1) is 17.2. The maximum absolute atomic E-state index is 11.4. The van der Waals surface area contributed by atoms with E-state index in [0.717, 1.165) is 32.2 Å². The molecule has 0 radical (unpaired) electrons. The molecule has 22 heavy (non-hydrogen) atoms. The van der Waals surface area contributed by atoms with Gasteiger partial charge in [0, 0.05) is 23.1 Å². The Kier molecular flexibility index (Phi) is 5.81. The third-order valence-electron chi connectivity index (χ3n) is 4.11. The third-order valence-corrected chi connectivity index (χ3v) is 4.61. The number of aliphatic hydroxyl groups is 1. The van der Waals surface area contributed by atoms with Crippen LogP contribution in [0, 0.1) is 16.0 Å². The number of nitro groups is 1. The molecule has 2 rings (SSSR count). The van der Waals surface area contributed by atoms with Gasteiger partial charge in [-0.05, 0) is 43.7 Å². The smallest absolute Gasteiger partial charge is 0.293 e. The number of nitrogens with zero attached hydrogens (tertiary/aromatic N) is 2. The van der Waals surface area contributed by atoms with Crippen molar-refractivity contribution in [3.8, 4) is 0 Å². The van der Waals surface area contributed by atoms with Crippen molar-refractivity contribution in [3.63, 3.8) is 0 Å². The highest BCUT2D eigenvalue weighted by molar-refractivity contribution is 9.10. The van der Waals surface area contributed by atoms with Gasteiger partial charge in [-0.15, -0.1) is 0 Å². The molecule has 1 aliphatic rings. The van der Waals surface area contributed by atoms with E-state index in [0.29, 0.717) is 16.1 Å². The number of hydrogen-bond acceptors (Lipinski definition) is 4. The van der Waals surface area contributed by atoms with Crippen molar-refractivity contribution in [1.82, 2.24) is 0 Å². The van der Waals surface area contributed by atoms with Crippen LogP contribution in [0.25, 0.3) is 0 Å². The summed E-state index contributed by atoms with van der Waals surface area (Å²) < 4.78 is 0.714. The lowest BCUT2D eigenvalue weighted by atomic mass is 9.91. The van der Waals surface area contributed by atoms with Crippen LogP contribution in [0.15, 0.2) is 22.7 Å². The summed E-state index contributed by atoms with van der Waals surface area (Å²) in [4.78, 5) is 13.3. The maximum atomic E-state index is 11.4. The minimum atomic E-state index is -0.314. The molecule has 1 aromatic carbocycles. The Morgan fingerprint density at radius 2 is 2.00 bits per heavy atom. The number of aliphatic hydroxyl groups excluding tert-OH is 1. The van der Waals surface area contributed by atoms with Crippen molar-refractivity contribution < 1.29 is 10.0 Å². The van der Waals surface area contributed by atoms with Crippen molar-refractivity contribution in [1.29, 1.82) is 0 Å².